The van der Waals surface area contributed by atoms with Crippen molar-refractivity contribution >= 4 is 40.1 Å². The van der Waals surface area contributed by atoms with Crippen LogP contribution in [-0.4, -0.2) is 16.8 Å². The topological polar surface area (TPSA) is 88.0 Å². The van der Waals surface area contributed by atoms with Gasteiger partial charge in [-0.3, -0.25) is 9.59 Å². The number of fused-ring (bicyclic) bond motifs is 2. The molecule has 0 saturated carbocycles. The molecule has 0 atom stereocenters. The quantitative estimate of drug-likeness (QED) is 0.636. The normalized spacial score (nSPS) is 15.0. The van der Waals surface area contributed by atoms with Gasteiger partial charge in [-0.25, -0.2) is 0 Å². The lowest BCUT2D eigenvalue weighted by Gasteiger charge is -2.01. The van der Waals surface area contributed by atoms with E-state index in [2.05, 4.69) is 10.3 Å². The highest BCUT2D eigenvalue weighted by Gasteiger charge is 2.25. The van der Waals surface area contributed by atoms with E-state index in [1.807, 2.05) is 30.3 Å². The molecule has 4 rings (SSSR count). The monoisotopic (exact) mass is 303 g/mol. The Hall–Kier alpha value is -3.34. The molecule has 5 nitrogen and oxygen atoms in total. The number of hydrogen-bond donors (Lipinski definition) is 3. The van der Waals surface area contributed by atoms with Crippen molar-refractivity contribution in [3.05, 3.63) is 65.4 Å². The van der Waals surface area contributed by atoms with Crippen LogP contribution in [0.3, 0.4) is 0 Å². The van der Waals surface area contributed by atoms with Crippen molar-refractivity contribution in [2.75, 3.05) is 5.32 Å². The maximum absolute atomic E-state index is 12.2. The Morgan fingerprint density at radius 3 is 2.70 bits per heavy atom. The lowest BCUT2D eigenvalue weighted by molar-refractivity contribution is -0.110. The van der Waals surface area contributed by atoms with Crippen LogP contribution in [0, 0.1) is 0 Å². The zero-order valence-corrected chi connectivity index (χ0v) is 12.1. The second-order valence-corrected chi connectivity index (χ2v) is 5.45. The van der Waals surface area contributed by atoms with Gasteiger partial charge in [-0.2, -0.15) is 0 Å². The molecule has 5 heteroatoms. The Kier molecular flexibility index (Phi) is 2.81. The van der Waals surface area contributed by atoms with Crippen molar-refractivity contribution < 1.29 is 9.59 Å². The summed E-state index contributed by atoms with van der Waals surface area (Å²) < 4.78 is 0. The summed E-state index contributed by atoms with van der Waals surface area (Å²) in [4.78, 5) is 26.8. The summed E-state index contributed by atoms with van der Waals surface area (Å²) in [7, 11) is 0. The summed E-state index contributed by atoms with van der Waals surface area (Å²) in [6, 6.07) is 14.8. The van der Waals surface area contributed by atoms with Crippen LogP contribution in [0.2, 0.25) is 0 Å². The molecule has 0 fully saturated rings. The van der Waals surface area contributed by atoms with Gasteiger partial charge < -0.3 is 16.0 Å². The summed E-state index contributed by atoms with van der Waals surface area (Å²) in [5, 5.41) is 3.87. The molecule has 1 aliphatic heterocycles. The second kappa shape index (κ2) is 4.84. The van der Waals surface area contributed by atoms with E-state index < -0.39 is 5.91 Å². The third-order valence-electron chi connectivity index (χ3n) is 3.94. The SMILES string of the molecule is NC(=O)c1ccc2c(c1)/C(=C/c1cc3ccccc3[nH]1)C(=O)N2. The number of rotatable bonds is 2. The first-order valence-corrected chi connectivity index (χ1v) is 7.17. The highest BCUT2D eigenvalue weighted by Crippen LogP contribution is 2.34. The predicted molar refractivity (Wildman–Crippen MR) is 89.8 cm³/mol. The number of H-pyrrole nitrogens is 1. The number of amides is 2. The third kappa shape index (κ3) is 2.19. The Labute approximate surface area is 131 Å². The number of aromatic nitrogens is 1. The minimum absolute atomic E-state index is 0.194. The van der Waals surface area contributed by atoms with Gasteiger partial charge in [0, 0.05) is 28.0 Å². The Morgan fingerprint density at radius 1 is 1.09 bits per heavy atom. The molecule has 0 bridgehead atoms. The fraction of sp³-hybridized carbons (Fsp3) is 0. The Bertz CT molecular complexity index is 965. The molecule has 2 aromatic carbocycles. The van der Waals surface area contributed by atoms with Crippen LogP contribution in [0.15, 0.2) is 48.5 Å². The molecule has 3 aromatic rings. The van der Waals surface area contributed by atoms with Gasteiger partial charge in [-0.1, -0.05) is 18.2 Å². The average Bonchev–Trinajstić information content (AvgIpc) is 3.08. The molecule has 0 aliphatic carbocycles. The molecule has 0 unspecified atom stereocenters. The van der Waals surface area contributed by atoms with Gasteiger partial charge in [0.25, 0.3) is 5.91 Å². The molecule has 1 aromatic heterocycles. The largest absolute Gasteiger partial charge is 0.366 e. The number of benzene rings is 2. The van der Waals surface area contributed by atoms with Crippen molar-refractivity contribution in [1.29, 1.82) is 0 Å². The van der Waals surface area contributed by atoms with Crippen LogP contribution >= 0.6 is 0 Å². The molecule has 0 saturated heterocycles. The third-order valence-corrected chi connectivity index (χ3v) is 3.94. The minimum atomic E-state index is -0.517. The molecule has 1 aliphatic rings. The predicted octanol–water partition coefficient (Wildman–Crippen LogP) is 2.76. The van der Waals surface area contributed by atoms with Crippen LogP contribution in [0.25, 0.3) is 22.6 Å². The van der Waals surface area contributed by atoms with Crippen LogP contribution in [-0.2, 0) is 4.79 Å². The maximum atomic E-state index is 12.2. The summed E-state index contributed by atoms with van der Waals surface area (Å²) in [5.74, 6) is -0.711. The fourth-order valence-electron chi connectivity index (χ4n) is 2.81. The van der Waals surface area contributed by atoms with E-state index in [0.29, 0.717) is 22.4 Å². The summed E-state index contributed by atoms with van der Waals surface area (Å²) in [5.41, 5.74) is 9.41. The average molecular weight is 303 g/mol. The lowest BCUT2D eigenvalue weighted by atomic mass is 10.0. The number of anilines is 1. The lowest BCUT2D eigenvalue weighted by Crippen LogP contribution is -2.10. The molecule has 0 radical (unpaired) electrons. The van der Waals surface area contributed by atoms with Gasteiger partial charge in [-0.05, 0) is 41.8 Å². The van der Waals surface area contributed by atoms with Gasteiger partial charge in [0.1, 0.15) is 0 Å². The highest BCUT2D eigenvalue weighted by molar-refractivity contribution is 6.35. The number of nitrogens with two attached hydrogens (primary N) is 1. The van der Waals surface area contributed by atoms with E-state index in [9.17, 15) is 9.59 Å². The number of para-hydroxylation sites is 1. The zero-order chi connectivity index (χ0) is 16.0. The smallest absolute Gasteiger partial charge is 0.256 e. The van der Waals surface area contributed by atoms with E-state index >= 15 is 0 Å². The number of primary amides is 1. The van der Waals surface area contributed by atoms with Gasteiger partial charge in [0.15, 0.2) is 0 Å². The van der Waals surface area contributed by atoms with Crippen LogP contribution in [0.5, 0.6) is 0 Å². The van der Waals surface area contributed by atoms with Crippen LogP contribution in [0.4, 0.5) is 5.69 Å². The summed E-state index contributed by atoms with van der Waals surface area (Å²) in [6.45, 7) is 0. The zero-order valence-electron chi connectivity index (χ0n) is 12.1. The van der Waals surface area contributed by atoms with E-state index in [0.717, 1.165) is 16.6 Å². The number of carbonyl (C=O) groups excluding carboxylic acids is 2. The van der Waals surface area contributed by atoms with Gasteiger partial charge >= 0.3 is 0 Å². The molecule has 112 valence electrons. The molecule has 23 heavy (non-hydrogen) atoms. The summed E-state index contributed by atoms with van der Waals surface area (Å²) >= 11 is 0. The molecule has 2 amide bonds. The Morgan fingerprint density at radius 2 is 1.91 bits per heavy atom. The van der Waals surface area contributed by atoms with E-state index in [1.54, 1.807) is 24.3 Å². The van der Waals surface area contributed by atoms with E-state index in [-0.39, 0.29) is 5.91 Å². The molecule has 0 spiro atoms. The highest BCUT2D eigenvalue weighted by atomic mass is 16.2. The molecule has 2 heterocycles. The fourth-order valence-corrected chi connectivity index (χ4v) is 2.81. The van der Waals surface area contributed by atoms with E-state index in [4.69, 9.17) is 5.73 Å². The molecule has 4 N–H and O–H groups in total. The van der Waals surface area contributed by atoms with Crippen molar-refractivity contribution in [2.24, 2.45) is 5.73 Å². The van der Waals surface area contributed by atoms with Gasteiger partial charge in [0.2, 0.25) is 5.91 Å². The minimum Gasteiger partial charge on any atom is -0.366 e. The van der Waals surface area contributed by atoms with Crippen LogP contribution < -0.4 is 11.1 Å². The first-order chi connectivity index (χ1) is 11.1. The van der Waals surface area contributed by atoms with E-state index in [1.165, 1.54) is 0 Å². The number of carbonyl (C=O) groups is 2. The van der Waals surface area contributed by atoms with Crippen molar-refractivity contribution in [1.82, 2.24) is 4.98 Å². The van der Waals surface area contributed by atoms with Gasteiger partial charge in [-0.15, -0.1) is 0 Å². The Balaban J connectivity index is 1.84. The maximum Gasteiger partial charge on any atom is 0.256 e. The number of hydrogen-bond acceptors (Lipinski definition) is 2. The second-order valence-electron chi connectivity index (χ2n) is 5.45. The van der Waals surface area contributed by atoms with Gasteiger partial charge in [0.05, 0.1) is 5.57 Å². The first-order valence-electron chi connectivity index (χ1n) is 7.17. The summed E-state index contributed by atoms with van der Waals surface area (Å²) in [6.07, 6.45) is 1.78. The molecular weight excluding hydrogens is 290 g/mol. The molecular formula is C18H13N3O2. The van der Waals surface area contributed by atoms with Crippen molar-refractivity contribution in [2.45, 2.75) is 0 Å². The van der Waals surface area contributed by atoms with Crippen molar-refractivity contribution in [3.63, 3.8) is 0 Å². The van der Waals surface area contributed by atoms with Crippen molar-refractivity contribution in [3.8, 4) is 0 Å². The van der Waals surface area contributed by atoms with Crippen LogP contribution in [0.1, 0.15) is 21.6 Å². The standard InChI is InChI=1S/C18H13N3O2/c19-17(22)11-5-6-16-13(8-11)14(18(23)21-16)9-12-7-10-3-1-2-4-15(10)20-12/h1-9,20H,(H2,19,22)(H,21,23)/b14-9-. The number of aromatic amines is 1. The number of nitrogens with one attached hydrogen (secondary N) is 2. The first kappa shape index (κ1) is 13.3.